The van der Waals surface area contributed by atoms with Gasteiger partial charge >= 0.3 is 0 Å². The van der Waals surface area contributed by atoms with Crippen molar-refractivity contribution in [3.63, 3.8) is 0 Å². The highest BCUT2D eigenvalue weighted by Crippen LogP contribution is 2.28. The molecule has 1 heterocycles. The van der Waals surface area contributed by atoms with Gasteiger partial charge in [-0.1, -0.05) is 0 Å². The normalized spacial score (nSPS) is 23.2. The molecule has 0 radical (unpaired) electrons. The number of hydrogen-bond donors (Lipinski definition) is 2. The molecule has 100 valence electrons. The fraction of sp³-hybridized carbons (Fsp3) is 0.615. The number of amides is 1. The third-order valence-corrected chi connectivity index (χ3v) is 4.64. The van der Waals surface area contributed by atoms with Crippen LogP contribution in [-0.4, -0.2) is 28.0 Å². The lowest BCUT2D eigenvalue weighted by atomic mass is 10.2. The van der Waals surface area contributed by atoms with Crippen LogP contribution in [0, 0.1) is 0 Å². The van der Waals surface area contributed by atoms with E-state index in [2.05, 4.69) is 11.6 Å². The summed E-state index contributed by atoms with van der Waals surface area (Å²) in [5.41, 5.74) is 7.06. The van der Waals surface area contributed by atoms with Crippen LogP contribution < -0.4 is 11.1 Å². The van der Waals surface area contributed by atoms with E-state index in [1.807, 2.05) is 29.4 Å². The molecule has 0 saturated heterocycles. The van der Waals surface area contributed by atoms with E-state index in [-0.39, 0.29) is 5.91 Å². The molecule has 3 N–H and O–H groups in total. The Morgan fingerprint density at radius 3 is 3.00 bits per heavy atom. The Labute approximate surface area is 112 Å². The molecule has 5 heteroatoms. The van der Waals surface area contributed by atoms with Crippen LogP contribution in [0.1, 0.15) is 36.7 Å². The van der Waals surface area contributed by atoms with E-state index < -0.39 is 0 Å². The van der Waals surface area contributed by atoms with E-state index in [9.17, 15) is 4.79 Å². The third-order valence-electron chi connectivity index (χ3n) is 3.54. The van der Waals surface area contributed by atoms with Crippen molar-refractivity contribution in [3.8, 4) is 0 Å². The van der Waals surface area contributed by atoms with Crippen molar-refractivity contribution >= 4 is 23.4 Å². The Morgan fingerprint density at radius 1 is 1.61 bits per heavy atom. The Bertz CT molecular complexity index is 430. The average molecular weight is 267 g/mol. The molecular weight excluding hydrogens is 246 g/mol. The number of nitrogen functional groups attached to an aromatic ring is 1. The number of carbonyl (C=O) groups is 1. The van der Waals surface area contributed by atoms with Gasteiger partial charge in [-0.25, -0.2) is 0 Å². The summed E-state index contributed by atoms with van der Waals surface area (Å²) >= 11 is 1.89. The first kappa shape index (κ1) is 13.3. The standard InChI is InChI=1S/C13H21N3OS/c1-3-16-8-9(14)6-12(16)13(17)15-10-4-5-11(7-10)18-2/h6,8,10-11H,3-5,7,14H2,1-2H3,(H,15,17). The molecule has 1 aromatic rings. The van der Waals surface area contributed by atoms with Crippen molar-refractivity contribution in [2.75, 3.05) is 12.0 Å². The molecule has 18 heavy (non-hydrogen) atoms. The fourth-order valence-corrected chi connectivity index (χ4v) is 3.33. The number of nitrogens with two attached hydrogens (primary N) is 1. The second kappa shape index (κ2) is 5.69. The van der Waals surface area contributed by atoms with Crippen molar-refractivity contribution < 1.29 is 4.79 Å². The molecule has 2 unspecified atom stereocenters. The molecule has 1 amide bonds. The molecule has 1 fully saturated rings. The zero-order valence-electron chi connectivity index (χ0n) is 11.0. The van der Waals surface area contributed by atoms with Gasteiger partial charge in [0.25, 0.3) is 5.91 Å². The zero-order valence-corrected chi connectivity index (χ0v) is 11.8. The summed E-state index contributed by atoms with van der Waals surface area (Å²) in [6.45, 7) is 2.77. The molecule has 0 aliphatic heterocycles. The van der Waals surface area contributed by atoms with Gasteiger partial charge in [0, 0.05) is 24.0 Å². The molecule has 1 saturated carbocycles. The summed E-state index contributed by atoms with van der Waals surface area (Å²) in [5.74, 6) is 0.000281. The summed E-state index contributed by atoms with van der Waals surface area (Å²) in [5, 5.41) is 3.81. The van der Waals surface area contributed by atoms with Gasteiger partial charge in [-0.15, -0.1) is 0 Å². The van der Waals surface area contributed by atoms with Crippen molar-refractivity contribution in [1.29, 1.82) is 0 Å². The third kappa shape index (κ3) is 2.83. The van der Waals surface area contributed by atoms with Gasteiger partial charge in [0.15, 0.2) is 0 Å². The van der Waals surface area contributed by atoms with E-state index in [4.69, 9.17) is 5.73 Å². The van der Waals surface area contributed by atoms with Crippen LogP contribution in [0.25, 0.3) is 0 Å². The maximum absolute atomic E-state index is 12.2. The predicted octanol–water partition coefficient (Wildman–Crippen LogP) is 2.10. The van der Waals surface area contributed by atoms with Crippen molar-refractivity contribution in [1.82, 2.24) is 9.88 Å². The number of thioether (sulfide) groups is 1. The molecular formula is C13H21N3OS. The monoisotopic (exact) mass is 267 g/mol. The highest BCUT2D eigenvalue weighted by Gasteiger charge is 2.26. The maximum atomic E-state index is 12.2. The molecule has 0 bridgehead atoms. The minimum atomic E-state index is 0.000281. The zero-order chi connectivity index (χ0) is 13.1. The average Bonchev–Trinajstić information content (AvgIpc) is 2.95. The Balaban J connectivity index is 1.99. The number of rotatable bonds is 4. The van der Waals surface area contributed by atoms with Gasteiger partial charge in [-0.05, 0) is 38.5 Å². The summed E-state index contributed by atoms with van der Waals surface area (Å²) in [4.78, 5) is 12.2. The molecule has 1 aliphatic rings. The quantitative estimate of drug-likeness (QED) is 0.878. The molecule has 1 aromatic heterocycles. The Hall–Kier alpha value is -1.10. The first-order chi connectivity index (χ1) is 8.63. The molecule has 2 atom stereocenters. The SMILES string of the molecule is CCn1cc(N)cc1C(=O)NC1CCC(SC)C1. The number of hydrogen-bond acceptors (Lipinski definition) is 3. The first-order valence-electron chi connectivity index (χ1n) is 6.43. The highest BCUT2D eigenvalue weighted by atomic mass is 32.2. The van der Waals surface area contributed by atoms with Crippen molar-refractivity contribution in [2.45, 2.75) is 44.0 Å². The maximum Gasteiger partial charge on any atom is 0.268 e. The van der Waals surface area contributed by atoms with Crippen LogP contribution in [0.4, 0.5) is 5.69 Å². The van der Waals surface area contributed by atoms with Gasteiger partial charge in [-0.3, -0.25) is 4.79 Å². The number of anilines is 1. The topological polar surface area (TPSA) is 60.0 Å². The van der Waals surface area contributed by atoms with Crippen LogP contribution in [0.15, 0.2) is 12.3 Å². The van der Waals surface area contributed by atoms with Gasteiger partial charge in [0.2, 0.25) is 0 Å². The van der Waals surface area contributed by atoms with Gasteiger partial charge < -0.3 is 15.6 Å². The molecule has 0 spiro atoms. The minimum Gasteiger partial charge on any atom is -0.397 e. The van der Waals surface area contributed by atoms with Gasteiger partial charge in [0.05, 0.1) is 5.69 Å². The lowest BCUT2D eigenvalue weighted by molar-refractivity contribution is 0.0928. The fourth-order valence-electron chi connectivity index (χ4n) is 2.53. The predicted molar refractivity (Wildman–Crippen MR) is 76.9 cm³/mol. The van der Waals surface area contributed by atoms with Crippen LogP contribution in [0.3, 0.4) is 0 Å². The summed E-state index contributed by atoms with van der Waals surface area (Å²) in [6, 6.07) is 2.07. The molecule has 2 rings (SSSR count). The van der Waals surface area contributed by atoms with Crippen LogP contribution in [0.5, 0.6) is 0 Å². The number of carbonyl (C=O) groups excluding carboxylic acids is 1. The van der Waals surface area contributed by atoms with E-state index in [0.29, 0.717) is 22.7 Å². The van der Waals surface area contributed by atoms with E-state index in [1.54, 1.807) is 6.07 Å². The van der Waals surface area contributed by atoms with Crippen LogP contribution >= 0.6 is 11.8 Å². The summed E-state index contributed by atoms with van der Waals surface area (Å²) in [7, 11) is 0. The smallest absolute Gasteiger partial charge is 0.268 e. The Morgan fingerprint density at radius 2 is 2.39 bits per heavy atom. The van der Waals surface area contributed by atoms with Crippen LogP contribution in [-0.2, 0) is 6.54 Å². The minimum absolute atomic E-state index is 0.000281. The largest absolute Gasteiger partial charge is 0.397 e. The first-order valence-corrected chi connectivity index (χ1v) is 7.72. The molecule has 4 nitrogen and oxygen atoms in total. The second-order valence-corrected chi connectivity index (χ2v) is 5.92. The molecule has 0 aromatic carbocycles. The number of aryl methyl sites for hydroxylation is 1. The second-order valence-electron chi connectivity index (χ2n) is 4.79. The van der Waals surface area contributed by atoms with Crippen LogP contribution in [0.2, 0.25) is 0 Å². The van der Waals surface area contributed by atoms with Gasteiger partial charge in [-0.2, -0.15) is 11.8 Å². The van der Waals surface area contributed by atoms with E-state index >= 15 is 0 Å². The summed E-state index contributed by atoms with van der Waals surface area (Å²) in [6.07, 6.45) is 7.31. The number of nitrogens with zero attached hydrogens (tertiary/aromatic N) is 1. The van der Waals surface area contributed by atoms with Crippen molar-refractivity contribution in [2.24, 2.45) is 0 Å². The lowest BCUT2D eigenvalue weighted by Gasteiger charge is -2.13. The number of nitrogens with one attached hydrogen (secondary N) is 1. The lowest BCUT2D eigenvalue weighted by Crippen LogP contribution is -2.34. The number of aromatic nitrogens is 1. The van der Waals surface area contributed by atoms with E-state index in [1.165, 1.54) is 6.42 Å². The van der Waals surface area contributed by atoms with Gasteiger partial charge in [0.1, 0.15) is 5.69 Å². The molecule has 1 aliphatic carbocycles. The highest BCUT2D eigenvalue weighted by molar-refractivity contribution is 7.99. The van der Waals surface area contributed by atoms with E-state index in [0.717, 1.165) is 19.4 Å². The Kier molecular flexibility index (Phi) is 4.22. The van der Waals surface area contributed by atoms with Crippen molar-refractivity contribution in [3.05, 3.63) is 18.0 Å². The summed E-state index contributed by atoms with van der Waals surface area (Å²) < 4.78 is 1.89.